The summed E-state index contributed by atoms with van der Waals surface area (Å²) in [5, 5.41) is 3.37. The first-order valence-electron chi connectivity index (χ1n) is 5.37. The Bertz CT molecular complexity index is 423. The second kappa shape index (κ2) is 5.82. The maximum atomic E-state index is 11.3. The number of hydrogen-bond acceptors (Lipinski definition) is 5. The van der Waals surface area contributed by atoms with Crippen LogP contribution in [0.2, 0.25) is 5.15 Å². The van der Waals surface area contributed by atoms with Gasteiger partial charge >= 0.3 is 5.97 Å². The number of carbonyl (C=O) groups is 1. The fourth-order valence-electron chi connectivity index (χ4n) is 1.27. The van der Waals surface area contributed by atoms with E-state index >= 15 is 0 Å². The molecule has 1 atom stereocenters. The molecule has 0 amide bonds. The SMILES string of the molecule is CCc1nc(Cl)c(C)c(NC(C)C(=O)OC)n1. The van der Waals surface area contributed by atoms with Crippen molar-refractivity contribution in [3.05, 3.63) is 16.5 Å². The molecule has 0 saturated carbocycles. The van der Waals surface area contributed by atoms with Gasteiger partial charge in [-0.15, -0.1) is 0 Å². The molecule has 1 rings (SSSR count). The number of aromatic nitrogens is 2. The van der Waals surface area contributed by atoms with Gasteiger partial charge in [0, 0.05) is 12.0 Å². The number of hydrogen-bond donors (Lipinski definition) is 1. The quantitative estimate of drug-likeness (QED) is 0.660. The number of ether oxygens (including phenoxy) is 1. The average molecular weight is 258 g/mol. The highest BCUT2D eigenvalue weighted by atomic mass is 35.5. The minimum Gasteiger partial charge on any atom is -0.467 e. The van der Waals surface area contributed by atoms with Gasteiger partial charge in [-0.05, 0) is 13.8 Å². The van der Waals surface area contributed by atoms with E-state index in [-0.39, 0.29) is 5.97 Å². The number of anilines is 1. The number of nitrogens with zero attached hydrogens (tertiary/aromatic N) is 2. The molecule has 17 heavy (non-hydrogen) atoms. The summed E-state index contributed by atoms with van der Waals surface area (Å²) < 4.78 is 4.63. The first kappa shape index (κ1) is 13.7. The van der Waals surface area contributed by atoms with Crippen LogP contribution in [0.4, 0.5) is 5.82 Å². The summed E-state index contributed by atoms with van der Waals surface area (Å²) in [6, 6.07) is -0.477. The highest BCUT2D eigenvalue weighted by Gasteiger charge is 2.16. The van der Waals surface area contributed by atoms with Crippen molar-refractivity contribution in [2.75, 3.05) is 12.4 Å². The molecule has 0 aliphatic heterocycles. The van der Waals surface area contributed by atoms with Crippen molar-refractivity contribution in [1.29, 1.82) is 0 Å². The predicted octanol–water partition coefficient (Wildman–Crippen LogP) is 1.97. The predicted molar refractivity (Wildman–Crippen MR) is 66.3 cm³/mol. The van der Waals surface area contributed by atoms with Crippen LogP contribution in [0.5, 0.6) is 0 Å². The number of nitrogens with one attached hydrogen (secondary N) is 1. The second-order valence-electron chi connectivity index (χ2n) is 3.65. The summed E-state index contributed by atoms with van der Waals surface area (Å²) in [4.78, 5) is 19.7. The van der Waals surface area contributed by atoms with E-state index < -0.39 is 6.04 Å². The Morgan fingerprint density at radius 3 is 2.71 bits per heavy atom. The van der Waals surface area contributed by atoms with Crippen molar-refractivity contribution in [3.8, 4) is 0 Å². The smallest absolute Gasteiger partial charge is 0.328 e. The monoisotopic (exact) mass is 257 g/mol. The summed E-state index contributed by atoms with van der Waals surface area (Å²) in [5.41, 5.74) is 0.722. The molecule has 0 radical (unpaired) electrons. The van der Waals surface area contributed by atoms with Crippen LogP contribution >= 0.6 is 11.6 Å². The van der Waals surface area contributed by atoms with Crippen LogP contribution in [0.25, 0.3) is 0 Å². The number of methoxy groups -OCH3 is 1. The Hall–Kier alpha value is -1.36. The van der Waals surface area contributed by atoms with E-state index in [1.807, 2.05) is 6.92 Å². The first-order chi connectivity index (χ1) is 7.99. The summed E-state index contributed by atoms with van der Waals surface area (Å²) >= 11 is 5.99. The van der Waals surface area contributed by atoms with Gasteiger partial charge in [-0.1, -0.05) is 18.5 Å². The molecular weight excluding hydrogens is 242 g/mol. The van der Waals surface area contributed by atoms with Crippen molar-refractivity contribution < 1.29 is 9.53 Å². The molecule has 0 bridgehead atoms. The fraction of sp³-hybridized carbons (Fsp3) is 0.545. The molecule has 1 aromatic heterocycles. The topological polar surface area (TPSA) is 64.1 Å². The third-order valence-electron chi connectivity index (χ3n) is 2.36. The fourth-order valence-corrected chi connectivity index (χ4v) is 1.46. The lowest BCUT2D eigenvalue weighted by molar-refractivity contribution is -0.141. The number of rotatable bonds is 4. The molecule has 0 aliphatic rings. The molecule has 1 aromatic rings. The minimum absolute atomic E-state index is 0.350. The highest BCUT2D eigenvalue weighted by Crippen LogP contribution is 2.20. The van der Waals surface area contributed by atoms with Gasteiger partial charge in [-0.25, -0.2) is 14.8 Å². The zero-order chi connectivity index (χ0) is 13.0. The van der Waals surface area contributed by atoms with Gasteiger partial charge in [-0.3, -0.25) is 0 Å². The molecule has 1 unspecified atom stereocenters. The van der Waals surface area contributed by atoms with Crippen molar-refractivity contribution in [1.82, 2.24) is 9.97 Å². The zero-order valence-electron chi connectivity index (χ0n) is 10.4. The van der Waals surface area contributed by atoms with Gasteiger partial charge in [0.2, 0.25) is 0 Å². The van der Waals surface area contributed by atoms with Crippen molar-refractivity contribution in [3.63, 3.8) is 0 Å². The van der Waals surface area contributed by atoms with Crippen LogP contribution in [-0.4, -0.2) is 29.1 Å². The van der Waals surface area contributed by atoms with Gasteiger partial charge < -0.3 is 10.1 Å². The van der Waals surface area contributed by atoms with Gasteiger partial charge in [0.25, 0.3) is 0 Å². The summed E-state index contributed by atoms with van der Waals surface area (Å²) in [7, 11) is 1.35. The molecule has 0 fully saturated rings. The maximum Gasteiger partial charge on any atom is 0.328 e. The van der Waals surface area contributed by atoms with Gasteiger partial charge in [0.15, 0.2) is 0 Å². The van der Waals surface area contributed by atoms with Crippen molar-refractivity contribution in [2.24, 2.45) is 0 Å². The van der Waals surface area contributed by atoms with E-state index in [1.54, 1.807) is 13.8 Å². The lowest BCUT2D eigenvalue weighted by Gasteiger charge is -2.15. The summed E-state index contributed by atoms with van der Waals surface area (Å²) in [6.45, 7) is 5.44. The van der Waals surface area contributed by atoms with Crippen LogP contribution in [0.3, 0.4) is 0 Å². The summed E-state index contributed by atoms with van der Waals surface area (Å²) in [6.07, 6.45) is 0.682. The molecule has 5 nitrogen and oxygen atoms in total. The van der Waals surface area contributed by atoms with E-state index in [4.69, 9.17) is 11.6 Å². The molecule has 1 N–H and O–H groups in total. The van der Waals surface area contributed by atoms with E-state index in [0.29, 0.717) is 23.2 Å². The van der Waals surface area contributed by atoms with Gasteiger partial charge in [0.05, 0.1) is 7.11 Å². The standard InChI is InChI=1S/C11H16ClN3O2/c1-5-8-14-9(12)6(2)10(15-8)13-7(3)11(16)17-4/h7H,5H2,1-4H3,(H,13,14,15). The largest absolute Gasteiger partial charge is 0.467 e. The molecule has 94 valence electrons. The van der Waals surface area contributed by atoms with Crippen molar-refractivity contribution in [2.45, 2.75) is 33.2 Å². The number of esters is 1. The maximum absolute atomic E-state index is 11.3. The van der Waals surface area contributed by atoms with Crippen LogP contribution in [0.1, 0.15) is 25.2 Å². The third-order valence-corrected chi connectivity index (χ3v) is 2.72. The van der Waals surface area contributed by atoms with E-state index in [0.717, 1.165) is 5.56 Å². The number of aryl methyl sites for hydroxylation is 1. The summed E-state index contributed by atoms with van der Waals surface area (Å²) in [5.74, 6) is 0.858. The average Bonchev–Trinajstić information content (AvgIpc) is 2.33. The van der Waals surface area contributed by atoms with Crippen LogP contribution in [-0.2, 0) is 16.0 Å². The molecule has 0 spiro atoms. The van der Waals surface area contributed by atoms with E-state index in [9.17, 15) is 4.79 Å². The van der Waals surface area contributed by atoms with Crippen LogP contribution in [0.15, 0.2) is 0 Å². The molecule has 0 aromatic carbocycles. The van der Waals surface area contributed by atoms with Crippen molar-refractivity contribution >= 4 is 23.4 Å². The van der Waals surface area contributed by atoms with Crippen LogP contribution in [0, 0.1) is 6.92 Å². The Balaban J connectivity index is 2.97. The minimum atomic E-state index is -0.477. The Kier molecular flexibility index (Phi) is 4.69. The van der Waals surface area contributed by atoms with Crippen LogP contribution < -0.4 is 5.32 Å². The molecule has 0 aliphatic carbocycles. The normalized spacial score (nSPS) is 12.1. The van der Waals surface area contributed by atoms with E-state index in [1.165, 1.54) is 7.11 Å². The number of carbonyl (C=O) groups excluding carboxylic acids is 1. The Morgan fingerprint density at radius 1 is 1.53 bits per heavy atom. The molecule has 0 saturated heterocycles. The van der Waals surface area contributed by atoms with Gasteiger partial charge in [0.1, 0.15) is 22.8 Å². The lowest BCUT2D eigenvalue weighted by atomic mass is 10.3. The Labute approximate surface area is 106 Å². The lowest BCUT2D eigenvalue weighted by Crippen LogP contribution is -2.28. The molecule has 1 heterocycles. The third kappa shape index (κ3) is 3.30. The highest BCUT2D eigenvalue weighted by molar-refractivity contribution is 6.30. The molecular formula is C11H16ClN3O2. The zero-order valence-corrected chi connectivity index (χ0v) is 11.1. The second-order valence-corrected chi connectivity index (χ2v) is 4.01. The molecule has 6 heteroatoms. The van der Waals surface area contributed by atoms with E-state index in [2.05, 4.69) is 20.0 Å². The first-order valence-corrected chi connectivity index (χ1v) is 5.74. The van der Waals surface area contributed by atoms with Gasteiger partial charge in [-0.2, -0.15) is 0 Å². The number of halogens is 1. The Morgan fingerprint density at radius 2 is 2.18 bits per heavy atom.